The smallest absolute Gasteiger partial charge is 0.328 e. The van der Waals surface area contributed by atoms with Crippen LogP contribution in [0.3, 0.4) is 0 Å². The summed E-state index contributed by atoms with van der Waals surface area (Å²) in [5.74, 6) is -7.03. The van der Waals surface area contributed by atoms with Crippen LogP contribution in [0.25, 0.3) is 0 Å². The summed E-state index contributed by atoms with van der Waals surface area (Å²) in [4.78, 5) is 57.1. The Morgan fingerprint density at radius 1 is 1.09 bits per heavy atom. The topological polar surface area (TPSA) is 221 Å². The molecule has 0 radical (unpaired) electrons. The molecular weight excluding hydrogens is 494 g/mol. The summed E-state index contributed by atoms with van der Waals surface area (Å²) in [6.07, 6.45) is 0. The van der Waals surface area contributed by atoms with Gasteiger partial charge >= 0.3 is 5.97 Å². The molecule has 0 aliphatic carbocycles. The second-order valence-electron chi connectivity index (χ2n) is 5.97. The van der Waals surface area contributed by atoms with E-state index in [4.69, 9.17) is 4.55 Å². The van der Waals surface area contributed by atoms with Crippen molar-refractivity contribution in [1.82, 2.24) is 9.99 Å². The molecule has 0 aliphatic rings. The van der Waals surface area contributed by atoms with Crippen LogP contribution in [-0.4, -0.2) is 85.1 Å². The summed E-state index contributed by atoms with van der Waals surface area (Å²) in [6.45, 7) is 1.38. The molecule has 1 aromatic heterocycles. The quantitative estimate of drug-likeness (QED) is 0.231. The zero-order valence-corrected chi connectivity index (χ0v) is 19.0. The lowest BCUT2D eigenvalue weighted by atomic mass is 10.3. The molecule has 32 heavy (non-hydrogen) atoms. The van der Waals surface area contributed by atoms with E-state index in [-0.39, 0.29) is 4.68 Å². The van der Waals surface area contributed by atoms with Crippen LogP contribution in [0.1, 0.15) is 13.8 Å². The first-order chi connectivity index (χ1) is 14.6. The molecule has 2 amide bonds. The van der Waals surface area contributed by atoms with Crippen LogP contribution in [0.4, 0.5) is 0 Å². The first-order valence-electron chi connectivity index (χ1n) is 8.35. The van der Waals surface area contributed by atoms with E-state index in [1.807, 2.05) is 5.32 Å². The van der Waals surface area contributed by atoms with Crippen LogP contribution in [0.2, 0.25) is 0 Å². The maximum Gasteiger partial charge on any atom is 0.328 e. The lowest BCUT2D eigenvalue weighted by Crippen LogP contribution is -2.54. The van der Waals surface area contributed by atoms with Gasteiger partial charge in [0.25, 0.3) is 16.0 Å². The Morgan fingerprint density at radius 2 is 1.62 bits per heavy atom. The van der Waals surface area contributed by atoms with Gasteiger partial charge in [-0.05, 0) is 0 Å². The number of hydrogen-bond donors (Lipinski definition) is 5. The second kappa shape index (κ2) is 11.2. The van der Waals surface area contributed by atoms with Crippen molar-refractivity contribution in [1.29, 1.82) is 0 Å². The molecule has 0 spiro atoms. The van der Waals surface area contributed by atoms with Crippen molar-refractivity contribution in [3.8, 4) is 11.8 Å². The molecule has 0 aromatic carbocycles. The minimum atomic E-state index is -5.05. The number of nitrogens with one attached hydrogen (secondary N) is 1. The minimum Gasteiger partial charge on any atom is -0.493 e. The molecule has 0 aliphatic heterocycles. The van der Waals surface area contributed by atoms with E-state index < -0.39 is 78.9 Å². The molecule has 1 atom stereocenters. The van der Waals surface area contributed by atoms with E-state index in [0.717, 1.165) is 6.92 Å². The van der Waals surface area contributed by atoms with E-state index in [9.17, 15) is 47.7 Å². The Morgan fingerprint density at radius 3 is 2.06 bits per heavy atom. The zero-order valence-electron chi connectivity index (χ0n) is 16.5. The van der Waals surface area contributed by atoms with Crippen molar-refractivity contribution in [3.63, 3.8) is 0 Å². The van der Waals surface area contributed by atoms with Gasteiger partial charge in [-0.25, -0.2) is 9.80 Å². The van der Waals surface area contributed by atoms with Gasteiger partial charge in [0.05, 0.1) is 18.1 Å². The van der Waals surface area contributed by atoms with E-state index in [1.54, 1.807) is 0 Å². The Bertz CT molecular complexity index is 1030. The maximum atomic E-state index is 12.6. The number of aliphatic carboxylic acids is 1. The summed E-state index contributed by atoms with van der Waals surface area (Å²) in [7, 11) is -5.05. The minimum absolute atomic E-state index is 0.207. The number of amides is 2. The molecule has 1 rings (SSSR count). The fraction of sp³-hybridized carbons (Fsp3) is 0.400. The van der Waals surface area contributed by atoms with Gasteiger partial charge in [0, 0.05) is 19.9 Å². The highest BCUT2D eigenvalue weighted by molar-refractivity contribution is 8.14. The Balaban J connectivity index is 3.35. The highest BCUT2D eigenvalue weighted by Gasteiger charge is 2.33. The Kier molecular flexibility index (Phi) is 9.55. The summed E-state index contributed by atoms with van der Waals surface area (Å²) in [6, 6.07) is -1.43. The molecular formula is C15H19N3O11S3. The van der Waals surface area contributed by atoms with Crippen molar-refractivity contribution in [2.24, 2.45) is 0 Å². The summed E-state index contributed by atoms with van der Waals surface area (Å²) < 4.78 is 32.1. The van der Waals surface area contributed by atoms with Gasteiger partial charge in [-0.2, -0.15) is 13.1 Å². The van der Waals surface area contributed by atoms with Crippen LogP contribution in [0, 0.1) is 0 Å². The normalized spacial score (nSPS) is 12.1. The number of thioether (sulfide) groups is 2. The lowest BCUT2D eigenvalue weighted by molar-refractivity contribution is -0.141. The van der Waals surface area contributed by atoms with Gasteiger partial charge in [-0.3, -0.25) is 23.7 Å². The number of hydrogen-bond acceptors (Lipinski definition) is 11. The molecule has 14 nitrogen and oxygen atoms in total. The predicted octanol–water partition coefficient (Wildman–Crippen LogP) is -1.26. The van der Waals surface area contributed by atoms with Gasteiger partial charge in [-0.15, -0.1) is 0 Å². The summed E-state index contributed by atoms with van der Waals surface area (Å²) in [5, 5.41) is 31.1. The lowest BCUT2D eigenvalue weighted by Gasteiger charge is -2.27. The molecule has 178 valence electrons. The van der Waals surface area contributed by atoms with Gasteiger partial charge < -0.3 is 20.6 Å². The third-order valence-electron chi connectivity index (χ3n) is 3.50. The van der Waals surface area contributed by atoms with Crippen LogP contribution < -0.4 is 10.3 Å². The monoisotopic (exact) mass is 513 g/mol. The van der Waals surface area contributed by atoms with E-state index >= 15 is 0 Å². The third kappa shape index (κ3) is 7.74. The van der Waals surface area contributed by atoms with Crippen LogP contribution in [0.15, 0.2) is 11.0 Å². The first-order valence-corrected chi connectivity index (χ1v) is 11.8. The van der Waals surface area contributed by atoms with Crippen LogP contribution in [-0.2, 0) is 34.1 Å². The van der Waals surface area contributed by atoms with Gasteiger partial charge in [0.15, 0.2) is 15.1 Å². The number of nitrogens with zero attached hydrogens (tertiary/aromatic N) is 2. The molecule has 0 bridgehead atoms. The fourth-order valence-corrected chi connectivity index (χ4v) is 3.64. The fourth-order valence-electron chi connectivity index (χ4n) is 2.18. The molecule has 1 unspecified atom stereocenters. The van der Waals surface area contributed by atoms with Crippen molar-refractivity contribution >= 4 is 61.7 Å². The average Bonchev–Trinajstić information content (AvgIpc) is 2.95. The van der Waals surface area contributed by atoms with E-state index in [2.05, 4.69) is 0 Å². The molecule has 5 N–H and O–H groups in total. The molecule has 17 heteroatoms. The number of aromatic hydroxyl groups is 2. The molecule has 1 heterocycles. The number of aromatic nitrogens is 1. The predicted molar refractivity (Wildman–Crippen MR) is 112 cm³/mol. The Hall–Kier alpha value is -2.76. The van der Waals surface area contributed by atoms with Crippen LogP contribution in [0.5, 0.6) is 11.8 Å². The van der Waals surface area contributed by atoms with Gasteiger partial charge in [-0.1, -0.05) is 23.5 Å². The van der Waals surface area contributed by atoms with E-state index in [1.165, 1.54) is 6.92 Å². The van der Waals surface area contributed by atoms with Gasteiger partial charge in [0.1, 0.15) is 6.04 Å². The highest BCUT2D eigenvalue weighted by Crippen LogP contribution is 2.31. The first kappa shape index (κ1) is 27.3. The van der Waals surface area contributed by atoms with Crippen molar-refractivity contribution in [3.05, 3.63) is 6.07 Å². The Labute approximate surface area is 189 Å². The van der Waals surface area contributed by atoms with Gasteiger partial charge in [0.2, 0.25) is 17.7 Å². The highest BCUT2D eigenvalue weighted by atomic mass is 32.2. The average molecular weight is 514 g/mol. The molecule has 0 saturated carbocycles. The molecule has 1 aromatic rings. The summed E-state index contributed by atoms with van der Waals surface area (Å²) >= 11 is 1.09. The zero-order chi connectivity index (χ0) is 24.8. The second-order valence-corrected chi connectivity index (χ2v) is 9.67. The third-order valence-corrected chi connectivity index (χ3v) is 5.97. The molecule has 0 fully saturated rings. The number of carboxylic acid groups (broad SMARTS) is 1. The van der Waals surface area contributed by atoms with Crippen molar-refractivity contribution in [2.75, 3.05) is 23.1 Å². The summed E-state index contributed by atoms with van der Waals surface area (Å²) in [5.41, 5.74) is 0. The largest absolute Gasteiger partial charge is 0.493 e. The maximum absolute atomic E-state index is 12.6. The SMILES string of the molecule is CC(=O)SCC(=O)NC(CN(C(=O)CSC(C)=O)n1c(O)cc(S(=O)(=O)O)c1O)C(=O)O. The van der Waals surface area contributed by atoms with E-state index in [0.29, 0.717) is 34.6 Å². The van der Waals surface area contributed by atoms with Crippen molar-refractivity contribution in [2.45, 2.75) is 24.8 Å². The number of carboxylic acids is 1. The van der Waals surface area contributed by atoms with Crippen LogP contribution >= 0.6 is 23.5 Å². The standard InChI is InChI=1S/C15H19N3O11S3/c1-7(19)30-5-11(21)16-9(15(25)26)4-17(13(23)6-31-8(2)20)18-12(22)3-10(14(18)24)32(27,28)29/h3,9,22,24H,4-6H2,1-2H3,(H,16,21)(H,25,26)(H,27,28,29). The number of carbonyl (C=O) groups excluding carboxylic acids is 4. The number of rotatable bonds is 10. The van der Waals surface area contributed by atoms with Crippen molar-refractivity contribution < 1.29 is 52.3 Å². The number of carbonyl (C=O) groups is 5. The molecule has 0 saturated heterocycles.